The quantitative estimate of drug-likeness (QED) is 0.886. The smallest absolute Gasteiger partial charge is 0.0607 e. The third-order valence-electron chi connectivity index (χ3n) is 5.02. The van der Waals surface area contributed by atoms with Gasteiger partial charge in [0.05, 0.1) is 11.7 Å². The number of hydrogen-bond donors (Lipinski definition) is 1. The van der Waals surface area contributed by atoms with Crippen LogP contribution < -0.4 is 5.32 Å². The molecule has 4 unspecified atom stereocenters. The summed E-state index contributed by atoms with van der Waals surface area (Å²) in [5.74, 6) is 2.45. The molecule has 0 aliphatic heterocycles. The molecule has 1 N–H and O–H groups in total. The average molecular weight is 260 g/mol. The van der Waals surface area contributed by atoms with Crippen molar-refractivity contribution in [3.05, 3.63) is 29.6 Å². The van der Waals surface area contributed by atoms with Gasteiger partial charge in [-0.15, -0.1) is 0 Å². The predicted octanol–water partition coefficient (Wildman–Crippen LogP) is 3.98. The zero-order valence-electron chi connectivity index (χ0n) is 12.8. The van der Waals surface area contributed by atoms with Crippen molar-refractivity contribution < 1.29 is 0 Å². The van der Waals surface area contributed by atoms with Crippen LogP contribution in [0.2, 0.25) is 0 Å². The fourth-order valence-corrected chi connectivity index (χ4v) is 3.52. The molecule has 2 heteroatoms. The Labute approximate surface area is 118 Å². The maximum absolute atomic E-state index is 4.68. The number of nitrogens with one attached hydrogen (secondary N) is 1. The van der Waals surface area contributed by atoms with Gasteiger partial charge >= 0.3 is 0 Å². The molecule has 1 aromatic rings. The van der Waals surface area contributed by atoms with Crippen LogP contribution in [-0.4, -0.2) is 12.0 Å². The molecule has 4 atom stereocenters. The minimum atomic E-state index is 0.422. The number of aromatic nitrogens is 1. The molecule has 1 aliphatic rings. The van der Waals surface area contributed by atoms with E-state index in [4.69, 9.17) is 0 Å². The first kappa shape index (κ1) is 14.5. The van der Waals surface area contributed by atoms with E-state index in [1.165, 1.54) is 30.5 Å². The van der Waals surface area contributed by atoms with Gasteiger partial charge in [0.25, 0.3) is 0 Å². The van der Waals surface area contributed by atoms with E-state index in [9.17, 15) is 0 Å². The first-order valence-electron chi connectivity index (χ1n) is 7.78. The molecule has 1 heterocycles. The number of hydrogen-bond acceptors (Lipinski definition) is 2. The monoisotopic (exact) mass is 260 g/mol. The van der Waals surface area contributed by atoms with Gasteiger partial charge in [0, 0.05) is 6.20 Å². The molecule has 0 spiro atoms. The molecule has 106 valence electrons. The molecule has 0 saturated heterocycles. The Hall–Kier alpha value is -0.890. The summed E-state index contributed by atoms with van der Waals surface area (Å²) >= 11 is 0. The van der Waals surface area contributed by atoms with Gasteiger partial charge in [-0.05, 0) is 55.7 Å². The van der Waals surface area contributed by atoms with Crippen LogP contribution in [0.4, 0.5) is 0 Å². The van der Waals surface area contributed by atoms with E-state index < -0.39 is 0 Å². The van der Waals surface area contributed by atoms with Gasteiger partial charge in [-0.2, -0.15) is 0 Å². The Morgan fingerprint density at radius 1 is 1.32 bits per heavy atom. The SMILES string of the molecule is CCc1cccnc1C(NC)C1CCC(C)C(C)C1. The fraction of sp³-hybridized carbons (Fsp3) is 0.706. The third kappa shape index (κ3) is 3.17. The Morgan fingerprint density at radius 2 is 2.11 bits per heavy atom. The minimum Gasteiger partial charge on any atom is -0.311 e. The second kappa shape index (κ2) is 6.51. The summed E-state index contributed by atoms with van der Waals surface area (Å²) in [5.41, 5.74) is 2.67. The number of pyridine rings is 1. The highest BCUT2D eigenvalue weighted by atomic mass is 14.9. The lowest BCUT2D eigenvalue weighted by molar-refractivity contribution is 0.172. The molecule has 19 heavy (non-hydrogen) atoms. The van der Waals surface area contributed by atoms with Crippen LogP contribution in [0.5, 0.6) is 0 Å². The van der Waals surface area contributed by atoms with Crippen LogP contribution in [-0.2, 0) is 6.42 Å². The van der Waals surface area contributed by atoms with Crippen molar-refractivity contribution in [2.24, 2.45) is 17.8 Å². The van der Waals surface area contributed by atoms with Gasteiger partial charge in [-0.25, -0.2) is 0 Å². The molecular formula is C17H28N2. The van der Waals surface area contributed by atoms with Crippen LogP contribution in [0.3, 0.4) is 0 Å². The van der Waals surface area contributed by atoms with Crippen LogP contribution in [0.1, 0.15) is 57.3 Å². The maximum atomic E-state index is 4.68. The molecule has 1 aliphatic carbocycles. The Kier molecular flexibility index (Phi) is 4.98. The van der Waals surface area contributed by atoms with Gasteiger partial charge in [-0.1, -0.05) is 33.3 Å². The van der Waals surface area contributed by atoms with E-state index in [2.05, 4.69) is 50.3 Å². The van der Waals surface area contributed by atoms with Crippen LogP contribution in [0.15, 0.2) is 18.3 Å². The second-order valence-electron chi connectivity index (χ2n) is 6.20. The molecule has 0 radical (unpaired) electrons. The van der Waals surface area contributed by atoms with Gasteiger partial charge in [-0.3, -0.25) is 4.98 Å². The van der Waals surface area contributed by atoms with Crippen molar-refractivity contribution in [3.8, 4) is 0 Å². The summed E-state index contributed by atoms with van der Waals surface area (Å²) in [4.78, 5) is 4.68. The molecule has 0 bridgehead atoms. The lowest BCUT2D eigenvalue weighted by Gasteiger charge is -2.37. The standard InChI is InChI=1S/C17H28N2/c1-5-14-7-6-10-19-17(14)16(18-4)15-9-8-12(2)13(3)11-15/h6-7,10,12-13,15-16,18H,5,8-9,11H2,1-4H3. The fourth-order valence-electron chi connectivity index (χ4n) is 3.52. The summed E-state index contributed by atoms with van der Waals surface area (Å²) < 4.78 is 0. The summed E-state index contributed by atoms with van der Waals surface area (Å²) in [5, 5.41) is 3.54. The third-order valence-corrected chi connectivity index (χ3v) is 5.02. The molecule has 1 aromatic heterocycles. The topological polar surface area (TPSA) is 24.9 Å². The van der Waals surface area contributed by atoms with E-state index >= 15 is 0 Å². The average Bonchev–Trinajstić information content (AvgIpc) is 2.44. The first-order valence-corrected chi connectivity index (χ1v) is 7.78. The van der Waals surface area contributed by atoms with Crippen molar-refractivity contribution >= 4 is 0 Å². The number of nitrogens with zero attached hydrogens (tertiary/aromatic N) is 1. The first-order chi connectivity index (χ1) is 9.17. The summed E-state index contributed by atoms with van der Waals surface area (Å²) in [6.07, 6.45) is 7.02. The van der Waals surface area contributed by atoms with Crippen LogP contribution in [0.25, 0.3) is 0 Å². The van der Waals surface area contributed by atoms with Gasteiger partial charge in [0.1, 0.15) is 0 Å². The maximum Gasteiger partial charge on any atom is 0.0607 e. The largest absolute Gasteiger partial charge is 0.311 e. The lowest BCUT2D eigenvalue weighted by atomic mass is 9.72. The van der Waals surface area contributed by atoms with Crippen molar-refractivity contribution in [2.75, 3.05) is 7.05 Å². The lowest BCUT2D eigenvalue weighted by Crippen LogP contribution is -2.32. The zero-order chi connectivity index (χ0) is 13.8. The van der Waals surface area contributed by atoms with E-state index in [0.29, 0.717) is 6.04 Å². The molecule has 2 rings (SSSR count). The highest BCUT2D eigenvalue weighted by Crippen LogP contribution is 2.39. The van der Waals surface area contributed by atoms with Crippen LogP contribution >= 0.6 is 0 Å². The number of rotatable bonds is 4. The van der Waals surface area contributed by atoms with E-state index in [1.54, 1.807) is 0 Å². The normalized spacial score (nSPS) is 29.2. The van der Waals surface area contributed by atoms with Crippen molar-refractivity contribution in [1.29, 1.82) is 0 Å². The van der Waals surface area contributed by atoms with Crippen molar-refractivity contribution in [3.63, 3.8) is 0 Å². The van der Waals surface area contributed by atoms with E-state index in [0.717, 1.165) is 24.2 Å². The molecule has 0 amide bonds. The summed E-state index contributed by atoms with van der Waals surface area (Å²) in [6, 6.07) is 4.70. The Morgan fingerprint density at radius 3 is 2.74 bits per heavy atom. The highest BCUT2D eigenvalue weighted by Gasteiger charge is 2.31. The molecule has 1 saturated carbocycles. The predicted molar refractivity (Wildman–Crippen MR) is 81.1 cm³/mol. The van der Waals surface area contributed by atoms with Crippen molar-refractivity contribution in [2.45, 2.75) is 52.5 Å². The summed E-state index contributed by atoms with van der Waals surface area (Å²) in [7, 11) is 2.08. The molecule has 1 fully saturated rings. The van der Waals surface area contributed by atoms with Crippen LogP contribution in [0, 0.1) is 17.8 Å². The van der Waals surface area contributed by atoms with E-state index in [-0.39, 0.29) is 0 Å². The highest BCUT2D eigenvalue weighted by molar-refractivity contribution is 5.23. The van der Waals surface area contributed by atoms with Gasteiger partial charge in [0.2, 0.25) is 0 Å². The molecule has 0 aromatic carbocycles. The zero-order valence-corrected chi connectivity index (χ0v) is 12.8. The van der Waals surface area contributed by atoms with E-state index in [1.807, 2.05) is 6.20 Å². The van der Waals surface area contributed by atoms with Gasteiger partial charge < -0.3 is 5.32 Å². The van der Waals surface area contributed by atoms with Crippen molar-refractivity contribution in [1.82, 2.24) is 10.3 Å². The van der Waals surface area contributed by atoms with Gasteiger partial charge in [0.15, 0.2) is 0 Å². The number of aryl methyl sites for hydroxylation is 1. The second-order valence-corrected chi connectivity index (χ2v) is 6.20. The Bertz CT molecular complexity index is 402. The molecule has 2 nitrogen and oxygen atoms in total. The Balaban J connectivity index is 2.20. The summed E-state index contributed by atoms with van der Waals surface area (Å²) in [6.45, 7) is 7.02. The minimum absolute atomic E-state index is 0.422. The molecular weight excluding hydrogens is 232 g/mol.